The van der Waals surface area contributed by atoms with Gasteiger partial charge in [-0.25, -0.2) is 0 Å². The number of aliphatic hydroxyl groups excluding tert-OH is 1. The molecule has 1 heterocycles. The lowest BCUT2D eigenvalue weighted by Gasteiger charge is -2.23. The lowest BCUT2D eigenvalue weighted by molar-refractivity contribution is 0.0674. The fourth-order valence-corrected chi connectivity index (χ4v) is 2.53. The second-order valence-electron chi connectivity index (χ2n) is 4.53. The lowest BCUT2D eigenvalue weighted by atomic mass is 10.1. The second-order valence-corrected chi connectivity index (χ2v) is 4.97. The van der Waals surface area contributed by atoms with Crippen molar-refractivity contribution in [2.24, 2.45) is 5.73 Å². The smallest absolute Gasteiger partial charge is 0.254 e. The third-order valence-corrected chi connectivity index (χ3v) is 3.56. The van der Waals surface area contributed by atoms with Gasteiger partial charge in [0.05, 0.1) is 23.8 Å². The van der Waals surface area contributed by atoms with E-state index in [1.165, 1.54) is 12.1 Å². The van der Waals surface area contributed by atoms with E-state index in [1.807, 2.05) is 0 Å². The van der Waals surface area contributed by atoms with E-state index in [-0.39, 0.29) is 29.7 Å². The van der Waals surface area contributed by atoms with Gasteiger partial charge in [0.2, 0.25) is 5.91 Å². The van der Waals surface area contributed by atoms with Crippen molar-refractivity contribution in [2.75, 3.05) is 13.2 Å². The number of benzene rings is 1. The molecule has 2 rings (SSSR count). The normalized spacial score (nSPS) is 18.6. The zero-order chi connectivity index (χ0) is 14.0. The highest BCUT2D eigenvalue weighted by atomic mass is 35.5. The maximum absolute atomic E-state index is 12.4. The van der Waals surface area contributed by atoms with Gasteiger partial charge >= 0.3 is 0 Å². The Hall–Kier alpha value is -1.59. The van der Waals surface area contributed by atoms with E-state index in [9.17, 15) is 14.7 Å². The largest absolute Gasteiger partial charge is 0.394 e. The monoisotopic (exact) mass is 282 g/mol. The number of likely N-dealkylation sites (tertiary alicyclic amines) is 1. The van der Waals surface area contributed by atoms with Crippen LogP contribution in [0.5, 0.6) is 0 Å². The molecule has 1 aliphatic heterocycles. The summed E-state index contributed by atoms with van der Waals surface area (Å²) in [6.07, 6.45) is 1.61. The van der Waals surface area contributed by atoms with Crippen LogP contribution in [0, 0.1) is 0 Å². The van der Waals surface area contributed by atoms with Gasteiger partial charge in [0.1, 0.15) is 0 Å². The number of carbonyl (C=O) groups excluding carboxylic acids is 2. The number of hydrogen-bond donors (Lipinski definition) is 2. The summed E-state index contributed by atoms with van der Waals surface area (Å²) in [6.45, 7) is 0.496. The fraction of sp³-hybridized carbons (Fsp3) is 0.385. The molecular weight excluding hydrogens is 268 g/mol. The molecule has 0 radical (unpaired) electrons. The Bertz CT molecular complexity index is 519. The molecule has 1 aromatic rings. The number of rotatable bonds is 3. The van der Waals surface area contributed by atoms with Gasteiger partial charge in [0.15, 0.2) is 0 Å². The maximum Gasteiger partial charge on any atom is 0.254 e. The van der Waals surface area contributed by atoms with Crippen molar-refractivity contribution in [3.8, 4) is 0 Å². The van der Waals surface area contributed by atoms with Crippen molar-refractivity contribution in [1.29, 1.82) is 0 Å². The molecule has 19 heavy (non-hydrogen) atoms. The molecule has 2 amide bonds. The van der Waals surface area contributed by atoms with Crippen molar-refractivity contribution >= 4 is 23.4 Å². The first kappa shape index (κ1) is 13.8. The van der Waals surface area contributed by atoms with E-state index in [0.717, 1.165) is 12.8 Å². The number of aliphatic hydroxyl groups is 1. The van der Waals surface area contributed by atoms with Gasteiger partial charge in [-0.3, -0.25) is 9.59 Å². The van der Waals surface area contributed by atoms with Crippen LogP contribution in [0.2, 0.25) is 5.02 Å². The second kappa shape index (κ2) is 5.59. The van der Waals surface area contributed by atoms with Crippen LogP contribution in [-0.4, -0.2) is 41.0 Å². The summed E-state index contributed by atoms with van der Waals surface area (Å²) in [5, 5.41) is 9.60. The molecule has 0 bridgehead atoms. The van der Waals surface area contributed by atoms with Gasteiger partial charge in [-0.2, -0.15) is 0 Å². The molecule has 1 fully saturated rings. The number of hydrogen-bond acceptors (Lipinski definition) is 3. The minimum absolute atomic E-state index is 0.0781. The van der Waals surface area contributed by atoms with E-state index < -0.39 is 5.91 Å². The number of amides is 2. The van der Waals surface area contributed by atoms with Gasteiger partial charge in [-0.05, 0) is 31.0 Å². The number of nitrogens with two attached hydrogens (primary N) is 1. The van der Waals surface area contributed by atoms with Crippen LogP contribution >= 0.6 is 11.6 Å². The summed E-state index contributed by atoms with van der Waals surface area (Å²) >= 11 is 5.81. The van der Waals surface area contributed by atoms with Gasteiger partial charge in [0, 0.05) is 11.6 Å². The Morgan fingerprint density at radius 3 is 2.79 bits per heavy atom. The number of nitrogens with zero attached hydrogens (tertiary/aromatic N) is 1. The predicted molar refractivity (Wildman–Crippen MR) is 71.1 cm³/mol. The summed E-state index contributed by atoms with van der Waals surface area (Å²) in [7, 11) is 0. The zero-order valence-corrected chi connectivity index (χ0v) is 11.1. The van der Waals surface area contributed by atoms with Gasteiger partial charge in [-0.1, -0.05) is 11.6 Å². The van der Waals surface area contributed by atoms with E-state index in [1.54, 1.807) is 11.0 Å². The highest BCUT2D eigenvalue weighted by molar-refractivity contribution is 6.31. The third-order valence-electron chi connectivity index (χ3n) is 3.33. The van der Waals surface area contributed by atoms with Gasteiger partial charge in [-0.15, -0.1) is 0 Å². The molecule has 1 atom stereocenters. The SMILES string of the molecule is NC(=O)c1cc(Cl)ccc1C(=O)N1CCCC1CO. The van der Waals surface area contributed by atoms with E-state index >= 15 is 0 Å². The molecular formula is C13H15ClN2O3. The van der Waals surface area contributed by atoms with Crippen LogP contribution in [-0.2, 0) is 0 Å². The van der Waals surface area contributed by atoms with Crippen LogP contribution in [0.1, 0.15) is 33.6 Å². The number of primary amides is 1. The molecule has 6 heteroatoms. The molecule has 0 spiro atoms. The Morgan fingerprint density at radius 2 is 2.16 bits per heavy atom. The van der Waals surface area contributed by atoms with Crippen LogP contribution in [0.25, 0.3) is 0 Å². The van der Waals surface area contributed by atoms with E-state index in [2.05, 4.69) is 0 Å². The van der Waals surface area contributed by atoms with Crippen molar-refractivity contribution in [3.05, 3.63) is 34.3 Å². The molecule has 3 N–H and O–H groups in total. The van der Waals surface area contributed by atoms with Gasteiger partial charge < -0.3 is 15.7 Å². The highest BCUT2D eigenvalue weighted by Gasteiger charge is 2.30. The zero-order valence-electron chi connectivity index (χ0n) is 10.3. The molecule has 102 valence electrons. The average molecular weight is 283 g/mol. The topological polar surface area (TPSA) is 83.6 Å². The molecule has 1 aromatic carbocycles. The molecule has 0 aromatic heterocycles. The fourth-order valence-electron chi connectivity index (χ4n) is 2.35. The Kier molecular flexibility index (Phi) is 4.07. The summed E-state index contributed by atoms with van der Waals surface area (Å²) < 4.78 is 0. The molecule has 1 unspecified atom stereocenters. The minimum atomic E-state index is -0.689. The molecule has 1 aliphatic rings. The average Bonchev–Trinajstić information content (AvgIpc) is 2.86. The number of carbonyl (C=O) groups is 2. The molecule has 0 aliphatic carbocycles. The summed E-state index contributed by atoms with van der Waals surface area (Å²) in [6, 6.07) is 4.24. The maximum atomic E-state index is 12.4. The predicted octanol–water partition coefficient (Wildman–Crippen LogP) is 1.04. The lowest BCUT2D eigenvalue weighted by Crippen LogP contribution is -2.38. The Labute approximate surface area is 116 Å². The van der Waals surface area contributed by atoms with Crippen molar-refractivity contribution in [2.45, 2.75) is 18.9 Å². The first-order chi connectivity index (χ1) is 9.04. The number of halogens is 1. The van der Waals surface area contributed by atoms with Crippen molar-refractivity contribution in [1.82, 2.24) is 4.90 Å². The molecule has 0 saturated carbocycles. The van der Waals surface area contributed by atoms with Crippen molar-refractivity contribution in [3.63, 3.8) is 0 Å². The Morgan fingerprint density at radius 1 is 1.42 bits per heavy atom. The van der Waals surface area contributed by atoms with Crippen LogP contribution in [0.3, 0.4) is 0 Å². The van der Waals surface area contributed by atoms with Crippen LogP contribution < -0.4 is 5.73 Å². The summed E-state index contributed by atoms with van der Waals surface area (Å²) in [5.41, 5.74) is 5.62. The third kappa shape index (κ3) is 2.72. The first-order valence-electron chi connectivity index (χ1n) is 6.05. The van der Waals surface area contributed by atoms with Crippen LogP contribution in [0.15, 0.2) is 18.2 Å². The minimum Gasteiger partial charge on any atom is -0.394 e. The van der Waals surface area contributed by atoms with E-state index in [0.29, 0.717) is 11.6 Å². The van der Waals surface area contributed by atoms with Crippen molar-refractivity contribution < 1.29 is 14.7 Å². The van der Waals surface area contributed by atoms with Gasteiger partial charge in [0.25, 0.3) is 5.91 Å². The standard InChI is InChI=1S/C13H15ClN2O3/c14-8-3-4-10(11(6-8)12(15)18)13(19)16-5-1-2-9(16)7-17/h3-4,6,9,17H,1-2,5,7H2,(H2,15,18). The van der Waals surface area contributed by atoms with Crippen LogP contribution in [0.4, 0.5) is 0 Å². The first-order valence-corrected chi connectivity index (χ1v) is 6.43. The quantitative estimate of drug-likeness (QED) is 0.869. The summed E-state index contributed by atoms with van der Waals surface area (Å²) in [4.78, 5) is 25.4. The summed E-state index contributed by atoms with van der Waals surface area (Å²) in [5.74, 6) is -0.979. The highest BCUT2D eigenvalue weighted by Crippen LogP contribution is 2.23. The Balaban J connectivity index is 2.36. The molecule has 1 saturated heterocycles. The molecule has 5 nitrogen and oxygen atoms in total. The van der Waals surface area contributed by atoms with E-state index in [4.69, 9.17) is 17.3 Å².